The van der Waals surface area contributed by atoms with Crippen LogP contribution in [0.5, 0.6) is 0 Å². The third kappa shape index (κ3) is 3.48. The van der Waals surface area contributed by atoms with Gasteiger partial charge in [0.25, 0.3) is 0 Å². The number of furan rings is 1. The molecular weight excluding hydrogens is 254 g/mol. The molecule has 1 aromatic carbocycles. The summed E-state index contributed by atoms with van der Waals surface area (Å²) >= 11 is 0. The SMILES string of the molecule is Cc1ccccc1CCNCc1cc(C(=O)O)oc1C. The fraction of sp³-hybridized carbons (Fsp3) is 0.312. The highest BCUT2D eigenvalue weighted by molar-refractivity contribution is 5.84. The second kappa shape index (κ2) is 6.39. The van der Waals surface area contributed by atoms with Gasteiger partial charge in [0.15, 0.2) is 0 Å². The van der Waals surface area contributed by atoms with E-state index in [4.69, 9.17) is 9.52 Å². The minimum Gasteiger partial charge on any atom is -0.475 e. The molecule has 0 fully saturated rings. The van der Waals surface area contributed by atoms with Gasteiger partial charge in [-0.05, 0) is 44.0 Å². The van der Waals surface area contributed by atoms with Gasteiger partial charge in [0, 0.05) is 12.1 Å². The first-order valence-corrected chi connectivity index (χ1v) is 6.65. The maximum absolute atomic E-state index is 10.8. The summed E-state index contributed by atoms with van der Waals surface area (Å²) < 4.78 is 5.17. The van der Waals surface area contributed by atoms with Crippen molar-refractivity contribution in [2.24, 2.45) is 0 Å². The molecule has 4 heteroatoms. The summed E-state index contributed by atoms with van der Waals surface area (Å²) in [6, 6.07) is 9.89. The smallest absolute Gasteiger partial charge is 0.371 e. The highest BCUT2D eigenvalue weighted by atomic mass is 16.4. The third-order valence-corrected chi connectivity index (χ3v) is 3.38. The second-order valence-corrected chi connectivity index (χ2v) is 4.85. The average molecular weight is 273 g/mol. The Morgan fingerprint density at radius 3 is 2.65 bits per heavy atom. The molecule has 20 heavy (non-hydrogen) atoms. The topological polar surface area (TPSA) is 62.5 Å². The summed E-state index contributed by atoms with van der Waals surface area (Å²) in [7, 11) is 0. The first-order valence-electron chi connectivity index (χ1n) is 6.65. The van der Waals surface area contributed by atoms with Crippen LogP contribution in [0.25, 0.3) is 0 Å². The first kappa shape index (κ1) is 14.3. The number of aromatic carboxylic acids is 1. The molecule has 106 valence electrons. The van der Waals surface area contributed by atoms with Crippen LogP contribution in [0.1, 0.15) is 33.0 Å². The first-order chi connectivity index (χ1) is 9.58. The molecular formula is C16H19NO3. The molecule has 0 aliphatic rings. The summed E-state index contributed by atoms with van der Waals surface area (Å²) in [6.45, 7) is 5.35. The lowest BCUT2D eigenvalue weighted by molar-refractivity contribution is 0.0661. The predicted octanol–water partition coefficient (Wildman–Crippen LogP) is 2.93. The van der Waals surface area contributed by atoms with E-state index >= 15 is 0 Å². The lowest BCUT2D eigenvalue weighted by Crippen LogP contribution is -2.17. The molecule has 0 unspecified atom stereocenters. The number of hydrogen-bond donors (Lipinski definition) is 2. The molecule has 2 rings (SSSR count). The zero-order valence-electron chi connectivity index (χ0n) is 11.8. The molecule has 0 atom stereocenters. The van der Waals surface area contributed by atoms with Crippen LogP contribution in [0, 0.1) is 13.8 Å². The van der Waals surface area contributed by atoms with Crippen molar-refractivity contribution in [3.63, 3.8) is 0 Å². The fourth-order valence-electron chi connectivity index (χ4n) is 2.14. The van der Waals surface area contributed by atoms with Crippen LogP contribution in [-0.4, -0.2) is 17.6 Å². The molecule has 2 N–H and O–H groups in total. The molecule has 0 aliphatic carbocycles. The largest absolute Gasteiger partial charge is 0.475 e. The molecule has 0 saturated carbocycles. The van der Waals surface area contributed by atoms with Crippen molar-refractivity contribution in [3.05, 3.63) is 58.5 Å². The Morgan fingerprint density at radius 2 is 2.00 bits per heavy atom. The van der Waals surface area contributed by atoms with Gasteiger partial charge < -0.3 is 14.8 Å². The number of aryl methyl sites for hydroxylation is 2. The summed E-state index contributed by atoms with van der Waals surface area (Å²) in [5, 5.41) is 12.2. The molecule has 0 amide bonds. The Kier molecular flexibility index (Phi) is 4.58. The molecule has 0 radical (unpaired) electrons. The predicted molar refractivity (Wildman–Crippen MR) is 77.0 cm³/mol. The molecule has 0 aliphatic heterocycles. The van der Waals surface area contributed by atoms with Crippen molar-refractivity contribution in [1.29, 1.82) is 0 Å². The van der Waals surface area contributed by atoms with Gasteiger partial charge in [-0.3, -0.25) is 0 Å². The number of rotatable bonds is 6. The van der Waals surface area contributed by atoms with Gasteiger partial charge in [0.1, 0.15) is 5.76 Å². The van der Waals surface area contributed by atoms with Crippen LogP contribution in [0.2, 0.25) is 0 Å². The number of hydrogen-bond acceptors (Lipinski definition) is 3. The molecule has 4 nitrogen and oxygen atoms in total. The quantitative estimate of drug-likeness (QED) is 0.794. The standard InChI is InChI=1S/C16H19NO3/c1-11-5-3-4-6-13(11)7-8-17-10-14-9-15(16(18)19)20-12(14)2/h3-6,9,17H,7-8,10H2,1-2H3,(H,18,19). The number of carboxylic acids is 1. The molecule has 0 spiro atoms. The van der Waals surface area contributed by atoms with Crippen molar-refractivity contribution < 1.29 is 14.3 Å². The van der Waals surface area contributed by atoms with Gasteiger partial charge in [0.2, 0.25) is 5.76 Å². The van der Waals surface area contributed by atoms with Crippen LogP contribution >= 0.6 is 0 Å². The van der Waals surface area contributed by atoms with E-state index in [0.29, 0.717) is 12.3 Å². The van der Waals surface area contributed by atoms with Crippen LogP contribution < -0.4 is 5.32 Å². The summed E-state index contributed by atoms with van der Waals surface area (Å²) in [5.74, 6) is -0.372. The van der Waals surface area contributed by atoms with E-state index in [1.165, 1.54) is 11.1 Å². The Labute approximate surface area is 118 Å². The number of nitrogens with one attached hydrogen (secondary N) is 1. The molecule has 1 heterocycles. The van der Waals surface area contributed by atoms with Gasteiger partial charge in [-0.1, -0.05) is 24.3 Å². The van der Waals surface area contributed by atoms with E-state index in [2.05, 4.69) is 24.4 Å². The lowest BCUT2D eigenvalue weighted by atomic mass is 10.1. The molecule has 1 aromatic heterocycles. The summed E-state index contributed by atoms with van der Waals surface area (Å²) in [4.78, 5) is 10.8. The van der Waals surface area contributed by atoms with Gasteiger partial charge >= 0.3 is 5.97 Å². The van der Waals surface area contributed by atoms with E-state index < -0.39 is 5.97 Å². The molecule has 0 bridgehead atoms. The van der Waals surface area contributed by atoms with E-state index in [-0.39, 0.29) is 5.76 Å². The molecule has 0 saturated heterocycles. The maximum Gasteiger partial charge on any atom is 0.371 e. The van der Waals surface area contributed by atoms with E-state index in [9.17, 15) is 4.79 Å². The van der Waals surface area contributed by atoms with Crippen LogP contribution in [0.4, 0.5) is 0 Å². The van der Waals surface area contributed by atoms with E-state index in [0.717, 1.165) is 18.5 Å². The summed E-state index contributed by atoms with van der Waals surface area (Å²) in [6.07, 6.45) is 0.954. The number of carboxylic acid groups (broad SMARTS) is 1. The third-order valence-electron chi connectivity index (χ3n) is 3.38. The van der Waals surface area contributed by atoms with Crippen LogP contribution in [0.15, 0.2) is 34.7 Å². The summed E-state index contributed by atoms with van der Waals surface area (Å²) in [5.41, 5.74) is 3.52. The van der Waals surface area contributed by atoms with Crippen molar-refractivity contribution in [3.8, 4) is 0 Å². The van der Waals surface area contributed by atoms with Gasteiger partial charge in [0.05, 0.1) is 0 Å². The minimum absolute atomic E-state index is 0.00166. The second-order valence-electron chi connectivity index (χ2n) is 4.85. The monoisotopic (exact) mass is 273 g/mol. The van der Waals surface area contributed by atoms with Crippen molar-refractivity contribution in [2.75, 3.05) is 6.54 Å². The van der Waals surface area contributed by atoms with Gasteiger partial charge in [-0.25, -0.2) is 4.79 Å². The minimum atomic E-state index is -1.03. The lowest BCUT2D eigenvalue weighted by Gasteiger charge is -2.06. The van der Waals surface area contributed by atoms with Crippen molar-refractivity contribution in [1.82, 2.24) is 5.32 Å². The Morgan fingerprint density at radius 1 is 1.25 bits per heavy atom. The van der Waals surface area contributed by atoms with Gasteiger partial charge in [-0.15, -0.1) is 0 Å². The zero-order chi connectivity index (χ0) is 14.5. The van der Waals surface area contributed by atoms with Crippen molar-refractivity contribution in [2.45, 2.75) is 26.8 Å². The Bertz CT molecular complexity index is 602. The Balaban J connectivity index is 1.84. The highest BCUT2D eigenvalue weighted by Gasteiger charge is 2.12. The maximum atomic E-state index is 10.8. The Hall–Kier alpha value is -2.07. The van der Waals surface area contributed by atoms with Gasteiger partial charge in [-0.2, -0.15) is 0 Å². The average Bonchev–Trinajstić information content (AvgIpc) is 2.78. The van der Waals surface area contributed by atoms with E-state index in [1.54, 1.807) is 13.0 Å². The number of benzene rings is 1. The zero-order valence-corrected chi connectivity index (χ0v) is 11.8. The van der Waals surface area contributed by atoms with Crippen LogP contribution in [0.3, 0.4) is 0 Å². The van der Waals surface area contributed by atoms with Crippen molar-refractivity contribution >= 4 is 5.97 Å². The van der Waals surface area contributed by atoms with E-state index in [1.807, 2.05) is 12.1 Å². The van der Waals surface area contributed by atoms with Crippen LogP contribution in [-0.2, 0) is 13.0 Å². The fourth-order valence-corrected chi connectivity index (χ4v) is 2.14. The normalized spacial score (nSPS) is 10.7. The molecule has 2 aromatic rings. The highest BCUT2D eigenvalue weighted by Crippen LogP contribution is 2.14. The number of carbonyl (C=O) groups is 1.